The van der Waals surface area contributed by atoms with E-state index in [-0.39, 0.29) is 11.5 Å². The number of carbonyl (C=O) groups excluding carboxylic acids is 1. The lowest BCUT2D eigenvalue weighted by Crippen LogP contribution is -2.24. The van der Waals surface area contributed by atoms with Crippen LogP contribution in [0.4, 0.5) is 0 Å². The summed E-state index contributed by atoms with van der Waals surface area (Å²) in [4.78, 5) is 22.5. The van der Waals surface area contributed by atoms with Crippen LogP contribution in [-0.2, 0) is 11.3 Å². The van der Waals surface area contributed by atoms with Crippen molar-refractivity contribution in [2.24, 2.45) is 5.92 Å². The van der Waals surface area contributed by atoms with Gasteiger partial charge in [0.05, 0.1) is 5.56 Å². The summed E-state index contributed by atoms with van der Waals surface area (Å²) in [6.07, 6.45) is 5.36. The normalized spacial score (nSPS) is 14.7. The van der Waals surface area contributed by atoms with E-state index >= 15 is 0 Å². The Labute approximate surface area is 112 Å². The number of carboxylic acid groups (broad SMARTS) is 1. The zero-order valence-electron chi connectivity index (χ0n) is 10.9. The van der Waals surface area contributed by atoms with E-state index in [1.807, 2.05) is 6.07 Å². The highest BCUT2D eigenvalue weighted by Crippen LogP contribution is 2.30. The fraction of sp³-hybridized carbons (Fsp3) is 0.467. The summed E-state index contributed by atoms with van der Waals surface area (Å²) in [6, 6.07) is 6.65. The maximum atomic E-state index is 11.7. The Bertz CT molecular complexity index is 466. The largest absolute Gasteiger partial charge is 0.478 e. The van der Waals surface area contributed by atoms with Crippen LogP contribution < -0.4 is 5.32 Å². The molecule has 0 bridgehead atoms. The molecule has 1 saturated carbocycles. The minimum absolute atomic E-state index is 0.0487. The number of aromatic carboxylic acids is 1. The molecule has 4 heteroatoms. The number of nitrogens with one attached hydrogen (secondary N) is 1. The molecule has 1 aromatic carbocycles. The van der Waals surface area contributed by atoms with Gasteiger partial charge in [0.2, 0.25) is 5.91 Å². The molecule has 2 rings (SSSR count). The van der Waals surface area contributed by atoms with E-state index in [4.69, 9.17) is 5.11 Å². The summed E-state index contributed by atoms with van der Waals surface area (Å²) in [6.45, 7) is 0.393. The van der Waals surface area contributed by atoms with Crippen molar-refractivity contribution in [3.05, 3.63) is 35.4 Å². The highest BCUT2D eigenvalue weighted by molar-refractivity contribution is 5.87. The fourth-order valence-corrected chi connectivity index (χ4v) is 2.22. The van der Waals surface area contributed by atoms with Gasteiger partial charge in [-0.05, 0) is 30.0 Å². The van der Waals surface area contributed by atoms with Crippen LogP contribution in [0.2, 0.25) is 0 Å². The molecule has 0 spiro atoms. The van der Waals surface area contributed by atoms with Crippen LogP contribution in [0.15, 0.2) is 24.3 Å². The lowest BCUT2D eigenvalue weighted by molar-refractivity contribution is -0.121. The Kier molecular flexibility index (Phi) is 4.55. The molecule has 0 unspecified atom stereocenters. The molecule has 1 fully saturated rings. The second-order valence-electron chi connectivity index (χ2n) is 5.12. The number of hydrogen-bond donors (Lipinski definition) is 2. The van der Waals surface area contributed by atoms with Gasteiger partial charge < -0.3 is 10.4 Å². The summed E-state index contributed by atoms with van der Waals surface area (Å²) in [5, 5.41) is 11.7. The molecule has 0 saturated heterocycles. The fourth-order valence-electron chi connectivity index (χ4n) is 2.22. The van der Waals surface area contributed by atoms with Crippen LogP contribution in [0.3, 0.4) is 0 Å². The predicted molar refractivity (Wildman–Crippen MR) is 71.8 cm³/mol. The number of benzene rings is 1. The number of hydrogen-bond acceptors (Lipinski definition) is 2. The molecule has 19 heavy (non-hydrogen) atoms. The van der Waals surface area contributed by atoms with Crippen molar-refractivity contribution in [2.45, 2.75) is 38.6 Å². The Morgan fingerprint density at radius 2 is 2.11 bits per heavy atom. The van der Waals surface area contributed by atoms with E-state index < -0.39 is 5.97 Å². The van der Waals surface area contributed by atoms with Crippen molar-refractivity contribution in [1.29, 1.82) is 0 Å². The molecular formula is C15H19NO3. The van der Waals surface area contributed by atoms with Gasteiger partial charge in [-0.15, -0.1) is 0 Å². The first-order valence-corrected chi connectivity index (χ1v) is 6.74. The second-order valence-corrected chi connectivity index (χ2v) is 5.12. The summed E-state index contributed by atoms with van der Waals surface area (Å²) >= 11 is 0. The molecule has 0 heterocycles. The number of rotatable bonds is 6. The molecule has 0 radical (unpaired) electrons. The maximum Gasteiger partial charge on any atom is 0.335 e. The third-order valence-electron chi connectivity index (χ3n) is 3.67. The molecule has 0 aromatic heterocycles. The minimum atomic E-state index is -0.946. The van der Waals surface area contributed by atoms with Crippen molar-refractivity contribution >= 4 is 11.9 Å². The molecule has 102 valence electrons. The first kappa shape index (κ1) is 13.6. The quantitative estimate of drug-likeness (QED) is 0.827. The molecule has 1 amide bonds. The lowest BCUT2D eigenvalue weighted by atomic mass is 9.82. The molecule has 1 aliphatic carbocycles. The molecule has 0 aliphatic heterocycles. The standard InChI is InChI=1S/C15H19NO3/c17-14(8-7-11-3-1-4-11)16-10-12-5-2-6-13(9-12)15(18)19/h2,5-6,9,11H,1,3-4,7-8,10H2,(H,16,17)(H,18,19). The van der Waals surface area contributed by atoms with Gasteiger partial charge in [0.15, 0.2) is 0 Å². The van der Waals surface area contributed by atoms with Gasteiger partial charge in [-0.25, -0.2) is 4.79 Å². The minimum Gasteiger partial charge on any atom is -0.478 e. The van der Waals surface area contributed by atoms with Crippen LogP contribution in [0.5, 0.6) is 0 Å². The van der Waals surface area contributed by atoms with E-state index in [1.54, 1.807) is 18.2 Å². The van der Waals surface area contributed by atoms with Crippen molar-refractivity contribution in [3.63, 3.8) is 0 Å². The summed E-state index contributed by atoms with van der Waals surface area (Å²) in [7, 11) is 0. The number of amides is 1. The second kappa shape index (κ2) is 6.36. The third-order valence-corrected chi connectivity index (χ3v) is 3.67. The van der Waals surface area contributed by atoms with Gasteiger partial charge in [0, 0.05) is 13.0 Å². The van der Waals surface area contributed by atoms with E-state index in [0.717, 1.165) is 17.9 Å². The molecule has 1 aliphatic rings. The van der Waals surface area contributed by atoms with Gasteiger partial charge in [0.25, 0.3) is 0 Å². The van der Waals surface area contributed by atoms with E-state index in [9.17, 15) is 9.59 Å². The Balaban J connectivity index is 1.75. The highest BCUT2D eigenvalue weighted by atomic mass is 16.4. The van der Waals surface area contributed by atoms with Crippen LogP contribution in [0.1, 0.15) is 48.0 Å². The molecule has 4 nitrogen and oxygen atoms in total. The van der Waals surface area contributed by atoms with Crippen LogP contribution in [0.25, 0.3) is 0 Å². The monoisotopic (exact) mass is 261 g/mol. The van der Waals surface area contributed by atoms with Gasteiger partial charge in [-0.3, -0.25) is 4.79 Å². The van der Waals surface area contributed by atoms with Gasteiger partial charge in [0.1, 0.15) is 0 Å². The van der Waals surface area contributed by atoms with E-state index in [2.05, 4.69) is 5.32 Å². The van der Waals surface area contributed by atoms with Crippen LogP contribution in [-0.4, -0.2) is 17.0 Å². The SMILES string of the molecule is O=C(CCC1CCC1)NCc1cccc(C(=O)O)c1. The topological polar surface area (TPSA) is 66.4 Å². The van der Waals surface area contributed by atoms with Crippen molar-refractivity contribution in [3.8, 4) is 0 Å². The molecule has 1 aromatic rings. The molecular weight excluding hydrogens is 242 g/mol. The summed E-state index contributed by atoms with van der Waals surface area (Å²) < 4.78 is 0. The van der Waals surface area contributed by atoms with Gasteiger partial charge in [-0.2, -0.15) is 0 Å². The zero-order valence-corrected chi connectivity index (χ0v) is 10.9. The first-order valence-electron chi connectivity index (χ1n) is 6.74. The Morgan fingerprint density at radius 3 is 2.74 bits per heavy atom. The Hall–Kier alpha value is -1.84. The average Bonchev–Trinajstić information content (AvgIpc) is 2.35. The number of carbonyl (C=O) groups is 2. The number of carboxylic acids is 1. The third kappa shape index (κ3) is 4.09. The van der Waals surface area contributed by atoms with Gasteiger partial charge >= 0.3 is 5.97 Å². The first-order chi connectivity index (χ1) is 9.15. The van der Waals surface area contributed by atoms with Crippen molar-refractivity contribution < 1.29 is 14.7 Å². The highest BCUT2D eigenvalue weighted by Gasteiger charge is 2.18. The summed E-state index contributed by atoms with van der Waals surface area (Å²) in [5.74, 6) is -0.160. The van der Waals surface area contributed by atoms with E-state index in [1.165, 1.54) is 19.3 Å². The summed E-state index contributed by atoms with van der Waals surface area (Å²) in [5.41, 5.74) is 1.07. The molecule has 2 N–H and O–H groups in total. The zero-order chi connectivity index (χ0) is 13.7. The van der Waals surface area contributed by atoms with Gasteiger partial charge in [-0.1, -0.05) is 31.4 Å². The molecule has 0 atom stereocenters. The maximum absolute atomic E-state index is 11.7. The average molecular weight is 261 g/mol. The predicted octanol–water partition coefficient (Wildman–Crippen LogP) is 2.58. The smallest absolute Gasteiger partial charge is 0.335 e. The van der Waals surface area contributed by atoms with Crippen molar-refractivity contribution in [2.75, 3.05) is 0 Å². The van der Waals surface area contributed by atoms with Crippen LogP contribution in [0, 0.1) is 5.92 Å². The van der Waals surface area contributed by atoms with Crippen molar-refractivity contribution in [1.82, 2.24) is 5.32 Å². The van der Waals surface area contributed by atoms with E-state index in [0.29, 0.717) is 13.0 Å². The Morgan fingerprint density at radius 1 is 1.32 bits per heavy atom. The lowest BCUT2D eigenvalue weighted by Gasteiger charge is -2.24. The van der Waals surface area contributed by atoms with Crippen LogP contribution >= 0.6 is 0 Å².